The van der Waals surface area contributed by atoms with Crippen LogP contribution in [0.15, 0.2) is 36.4 Å². The van der Waals surface area contributed by atoms with Crippen LogP contribution in [-0.4, -0.2) is 17.0 Å². The van der Waals surface area contributed by atoms with Crippen LogP contribution in [0.2, 0.25) is 0 Å². The minimum absolute atomic E-state index is 0.0425. The average molecular weight is 274 g/mol. The molecule has 0 atom stereocenters. The molecule has 0 radical (unpaired) electrons. The van der Waals surface area contributed by atoms with Crippen molar-refractivity contribution in [2.24, 2.45) is 0 Å². The van der Waals surface area contributed by atoms with Crippen LogP contribution in [0.25, 0.3) is 0 Å². The topological polar surface area (TPSA) is 34.0 Å². The van der Waals surface area contributed by atoms with Crippen molar-refractivity contribution < 1.29 is 9.18 Å². The molecule has 4 heteroatoms. The van der Waals surface area contributed by atoms with Crippen LogP contribution in [0.3, 0.4) is 0 Å². The van der Waals surface area contributed by atoms with Crippen LogP contribution >= 0.6 is 0 Å². The number of benzene rings is 1. The maximum Gasteiger partial charge on any atom is 0.224 e. The van der Waals surface area contributed by atoms with E-state index in [-0.39, 0.29) is 18.1 Å². The number of nitrogens with zero attached hydrogens (tertiary/aromatic N) is 1. The van der Waals surface area contributed by atoms with Gasteiger partial charge in [-0.3, -0.25) is 4.79 Å². The molecular formula is C16H19FN2O. The van der Waals surface area contributed by atoms with Gasteiger partial charge in [-0.25, -0.2) is 4.39 Å². The first-order valence-electron chi connectivity index (χ1n) is 6.70. The Bertz CT molecular complexity index is 568. The first-order chi connectivity index (χ1) is 9.56. The van der Waals surface area contributed by atoms with Crippen molar-refractivity contribution in [3.63, 3.8) is 0 Å². The van der Waals surface area contributed by atoms with E-state index < -0.39 is 0 Å². The highest BCUT2D eigenvalue weighted by atomic mass is 19.1. The predicted octanol–water partition coefficient (Wildman–Crippen LogP) is 2.60. The number of halogens is 1. The van der Waals surface area contributed by atoms with Crippen LogP contribution in [0.5, 0.6) is 0 Å². The van der Waals surface area contributed by atoms with Crippen LogP contribution in [0.1, 0.15) is 17.0 Å². The molecule has 1 aromatic heterocycles. The fourth-order valence-corrected chi connectivity index (χ4v) is 2.21. The number of hydrogen-bond acceptors (Lipinski definition) is 1. The van der Waals surface area contributed by atoms with E-state index in [1.165, 1.54) is 23.5 Å². The van der Waals surface area contributed by atoms with Gasteiger partial charge in [0.1, 0.15) is 5.82 Å². The van der Waals surface area contributed by atoms with E-state index in [0.717, 1.165) is 12.1 Å². The van der Waals surface area contributed by atoms with Crippen LogP contribution in [-0.2, 0) is 17.8 Å². The molecule has 20 heavy (non-hydrogen) atoms. The summed E-state index contributed by atoms with van der Waals surface area (Å²) in [6, 6.07) is 10.1. The third-order valence-corrected chi connectivity index (χ3v) is 3.35. The van der Waals surface area contributed by atoms with Gasteiger partial charge in [-0.15, -0.1) is 0 Å². The molecule has 1 N–H and O–H groups in total. The van der Waals surface area contributed by atoms with E-state index in [1.807, 2.05) is 13.8 Å². The van der Waals surface area contributed by atoms with Gasteiger partial charge in [0.05, 0.1) is 6.42 Å². The number of carbonyl (C=O) groups is 1. The molecule has 2 rings (SSSR count). The van der Waals surface area contributed by atoms with Gasteiger partial charge in [-0.05, 0) is 43.7 Å². The minimum atomic E-state index is -0.285. The Kier molecular flexibility index (Phi) is 4.56. The molecule has 0 unspecified atom stereocenters. The van der Waals surface area contributed by atoms with Crippen LogP contribution in [0, 0.1) is 19.7 Å². The molecule has 0 spiro atoms. The number of aryl methyl sites for hydroxylation is 2. The Morgan fingerprint density at radius 2 is 1.70 bits per heavy atom. The molecule has 0 saturated carbocycles. The molecule has 1 amide bonds. The van der Waals surface area contributed by atoms with E-state index >= 15 is 0 Å². The summed E-state index contributed by atoms with van der Waals surface area (Å²) in [6.45, 7) is 5.46. The van der Waals surface area contributed by atoms with Crippen molar-refractivity contribution in [3.8, 4) is 0 Å². The SMILES string of the molecule is Cc1ccc(C)n1CCNC(=O)Cc1ccc(F)cc1. The van der Waals surface area contributed by atoms with Gasteiger partial charge >= 0.3 is 0 Å². The summed E-state index contributed by atoms with van der Waals surface area (Å²) in [4.78, 5) is 11.8. The Hall–Kier alpha value is -2.10. The zero-order valence-electron chi connectivity index (χ0n) is 11.8. The summed E-state index contributed by atoms with van der Waals surface area (Å²) in [5, 5.41) is 2.88. The van der Waals surface area contributed by atoms with Crippen molar-refractivity contribution in [2.75, 3.05) is 6.54 Å². The molecule has 0 aliphatic rings. The molecule has 0 aliphatic carbocycles. The quantitative estimate of drug-likeness (QED) is 0.893. The predicted molar refractivity (Wildman–Crippen MR) is 77.0 cm³/mol. The van der Waals surface area contributed by atoms with Crippen molar-refractivity contribution in [2.45, 2.75) is 26.8 Å². The maximum absolute atomic E-state index is 12.8. The summed E-state index contributed by atoms with van der Waals surface area (Å²) < 4.78 is 14.9. The first kappa shape index (κ1) is 14.3. The fraction of sp³-hybridized carbons (Fsp3) is 0.312. The van der Waals surface area contributed by atoms with Gasteiger partial charge < -0.3 is 9.88 Å². The Morgan fingerprint density at radius 3 is 2.30 bits per heavy atom. The second kappa shape index (κ2) is 6.37. The van der Waals surface area contributed by atoms with Crippen molar-refractivity contribution in [3.05, 3.63) is 59.2 Å². The van der Waals surface area contributed by atoms with Gasteiger partial charge in [0.25, 0.3) is 0 Å². The highest BCUT2D eigenvalue weighted by Gasteiger charge is 2.04. The molecular weight excluding hydrogens is 255 g/mol. The summed E-state index contributed by atoms with van der Waals surface area (Å²) in [5.74, 6) is -0.327. The van der Waals surface area contributed by atoms with Crippen LogP contribution in [0.4, 0.5) is 4.39 Å². The zero-order valence-corrected chi connectivity index (χ0v) is 11.8. The number of amides is 1. The lowest BCUT2D eigenvalue weighted by Crippen LogP contribution is -2.29. The van der Waals surface area contributed by atoms with E-state index in [0.29, 0.717) is 6.54 Å². The molecule has 106 valence electrons. The molecule has 0 aliphatic heterocycles. The number of hydrogen-bond donors (Lipinski definition) is 1. The van der Waals surface area contributed by atoms with E-state index in [4.69, 9.17) is 0 Å². The second-order valence-corrected chi connectivity index (χ2v) is 4.92. The lowest BCUT2D eigenvalue weighted by atomic mass is 10.1. The van der Waals surface area contributed by atoms with Crippen molar-refractivity contribution in [1.82, 2.24) is 9.88 Å². The molecule has 1 aromatic carbocycles. The zero-order chi connectivity index (χ0) is 14.5. The standard InChI is InChI=1S/C16H19FN2O/c1-12-3-4-13(2)19(12)10-9-18-16(20)11-14-5-7-15(17)8-6-14/h3-8H,9-11H2,1-2H3,(H,18,20). The third-order valence-electron chi connectivity index (χ3n) is 3.35. The van der Waals surface area contributed by atoms with Crippen molar-refractivity contribution >= 4 is 5.91 Å². The minimum Gasteiger partial charge on any atom is -0.354 e. The molecule has 2 aromatic rings. The highest BCUT2D eigenvalue weighted by molar-refractivity contribution is 5.78. The molecule has 0 fully saturated rings. The normalized spacial score (nSPS) is 10.6. The van der Waals surface area contributed by atoms with E-state index in [2.05, 4.69) is 22.0 Å². The van der Waals surface area contributed by atoms with Gasteiger partial charge in [0, 0.05) is 24.5 Å². The molecule has 0 saturated heterocycles. The number of rotatable bonds is 5. The van der Waals surface area contributed by atoms with Gasteiger partial charge in [0.15, 0.2) is 0 Å². The Balaban J connectivity index is 1.79. The maximum atomic E-state index is 12.8. The Labute approximate surface area is 118 Å². The molecule has 0 bridgehead atoms. The van der Waals surface area contributed by atoms with Gasteiger partial charge in [-0.1, -0.05) is 12.1 Å². The van der Waals surface area contributed by atoms with Crippen molar-refractivity contribution in [1.29, 1.82) is 0 Å². The van der Waals surface area contributed by atoms with E-state index in [1.54, 1.807) is 12.1 Å². The average Bonchev–Trinajstić information content (AvgIpc) is 2.73. The van der Waals surface area contributed by atoms with Gasteiger partial charge in [0.2, 0.25) is 5.91 Å². The fourth-order valence-electron chi connectivity index (χ4n) is 2.21. The second-order valence-electron chi connectivity index (χ2n) is 4.92. The Morgan fingerprint density at radius 1 is 1.10 bits per heavy atom. The summed E-state index contributed by atoms with van der Waals surface area (Å²) in [6.07, 6.45) is 0.282. The summed E-state index contributed by atoms with van der Waals surface area (Å²) >= 11 is 0. The van der Waals surface area contributed by atoms with Gasteiger partial charge in [-0.2, -0.15) is 0 Å². The summed E-state index contributed by atoms with van der Waals surface area (Å²) in [5.41, 5.74) is 3.20. The lowest BCUT2D eigenvalue weighted by Gasteiger charge is -2.10. The third kappa shape index (κ3) is 3.70. The first-order valence-corrected chi connectivity index (χ1v) is 6.70. The van der Waals surface area contributed by atoms with Crippen LogP contribution < -0.4 is 5.32 Å². The van der Waals surface area contributed by atoms with E-state index in [9.17, 15) is 9.18 Å². The smallest absolute Gasteiger partial charge is 0.224 e. The highest BCUT2D eigenvalue weighted by Crippen LogP contribution is 2.06. The lowest BCUT2D eigenvalue weighted by molar-refractivity contribution is -0.120. The largest absolute Gasteiger partial charge is 0.354 e. The summed E-state index contributed by atoms with van der Waals surface area (Å²) in [7, 11) is 0. The number of carbonyl (C=O) groups excluding carboxylic acids is 1. The molecule has 3 nitrogen and oxygen atoms in total. The number of nitrogens with one attached hydrogen (secondary N) is 1. The number of aromatic nitrogens is 1. The monoisotopic (exact) mass is 274 g/mol. The molecule has 1 heterocycles.